The zero-order chi connectivity index (χ0) is 12.7. The molecule has 1 saturated heterocycles. The summed E-state index contributed by atoms with van der Waals surface area (Å²) in [7, 11) is 3.12. The fraction of sp³-hybridized carbons (Fsp3) is 0.917. The van der Waals surface area contributed by atoms with Crippen molar-refractivity contribution in [3.05, 3.63) is 0 Å². The molecular formula is C12H24N2O3. The second-order valence-electron chi connectivity index (χ2n) is 4.45. The number of piperidine rings is 1. The monoisotopic (exact) mass is 244 g/mol. The Morgan fingerprint density at radius 2 is 2.18 bits per heavy atom. The molecule has 0 aliphatic carbocycles. The number of amides is 1. The molecule has 0 saturated carbocycles. The van der Waals surface area contributed by atoms with Crippen LogP contribution in [0.15, 0.2) is 0 Å². The minimum absolute atomic E-state index is 0.0438. The molecular weight excluding hydrogens is 220 g/mol. The summed E-state index contributed by atoms with van der Waals surface area (Å²) in [5.74, 6) is 0.704. The number of carbonyl (C=O) groups is 1. The first-order chi connectivity index (χ1) is 8.21. The SMILES string of the molecule is CCC1CCNC(C(=O)NCC(OC)OC)C1. The quantitative estimate of drug-likeness (QED) is 0.668. The van der Waals surface area contributed by atoms with Gasteiger partial charge < -0.3 is 20.1 Å². The molecule has 2 atom stereocenters. The van der Waals surface area contributed by atoms with Crippen LogP contribution in [0.2, 0.25) is 0 Å². The molecule has 0 aromatic rings. The van der Waals surface area contributed by atoms with Crippen molar-refractivity contribution in [1.82, 2.24) is 10.6 Å². The van der Waals surface area contributed by atoms with Gasteiger partial charge in [0.25, 0.3) is 0 Å². The van der Waals surface area contributed by atoms with Gasteiger partial charge in [-0.25, -0.2) is 0 Å². The van der Waals surface area contributed by atoms with Gasteiger partial charge in [0.15, 0.2) is 6.29 Å². The van der Waals surface area contributed by atoms with Gasteiger partial charge in [-0.05, 0) is 25.3 Å². The third-order valence-corrected chi connectivity index (χ3v) is 3.37. The number of carbonyl (C=O) groups excluding carboxylic acids is 1. The molecule has 1 aliphatic heterocycles. The van der Waals surface area contributed by atoms with Crippen LogP contribution in [0.4, 0.5) is 0 Å². The van der Waals surface area contributed by atoms with Gasteiger partial charge in [-0.1, -0.05) is 13.3 Å². The third kappa shape index (κ3) is 4.61. The number of rotatable bonds is 6. The Balaban J connectivity index is 2.31. The maximum absolute atomic E-state index is 11.9. The van der Waals surface area contributed by atoms with Crippen LogP contribution < -0.4 is 10.6 Å². The Hall–Kier alpha value is -0.650. The van der Waals surface area contributed by atoms with E-state index in [1.54, 1.807) is 14.2 Å². The number of hydrogen-bond donors (Lipinski definition) is 2. The highest BCUT2D eigenvalue weighted by molar-refractivity contribution is 5.81. The second-order valence-corrected chi connectivity index (χ2v) is 4.45. The molecule has 0 spiro atoms. The molecule has 0 aromatic carbocycles. The van der Waals surface area contributed by atoms with Crippen molar-refractivity contribution in [2.45, 2.75) is 38.5 Å². The van der Waals surface area contributed by atoms with Crippen LogP contribution in [0.3, 0.4) is 0 Å². The predicted octanol–water partition coefficient (Wildman–Crippen LogP) is 0.500. The maximum Gasteiger partial charge on any atom is 0.237 e. The van der Waals surface area contributed by atoms with Crippen molar-refractivity contribution in [3.8, 4) is 0 Å². The summed E-state index contributed by atoms with van der Waals surface area (Å²) in [6.45, 7) is 3.49. The largest absolute Gasteiger partial charge is 0.354 e. The lowest BCUT2D eigenvalue weighted by Crippen LogP contribution is -2.50. The first-order valence-electron chi connectivity index (χ1n) is 6.27. The standard InChI is InChI=1S/C12H24N2O3/c1-4-9-5-6-13-10(7-9)12(15)14-8-11(16-2)17-3/h9-11,13H,4-8H2,1-3H3,(H,14,15). The Morgan fingerprint density at radius 3 is 2.76 bits per heavy atom. The van der Waals surface area contributed by atoms with Crippen molar-refractivity contribution in [2.75, 3.05) is 27.3 Å². The van der Waals surface area contributed by atoms with E-state index in [0.717, 1.165) is 19.4 Å². The Labute approximate surface area is 103 Å². The molecule has 2 unspecified atom stereocenters. The van der Waals surface area contributed by atoms with Crippen LogP contribution in [0.1, 0.15) is 26.2 Å². The van der Waals surface area contributed by atoms with Crippen LogP contribution in [-0.4, -0.2) is 45.5 Å². The van der Waals surface area contributed by atoms with Crippen molar-refractivity contribution in [3.63, 3.8) is 0 Å². The molecule has 1 aliphatic rings. The molecule has 5 heteroatoms. The summed E-state index contributed by atoms with van der Waals surface area (Å²) in [6, 6.07) is -0.0666. The summed E-state index contributed by atoms with van der Waals surface area (Å²) in [5.41, 5.74) is 0. The van der Waals surface area contributed by atoms with E-state index in [4.69, 9.17) is 9.47 Å². The Morgan fingerprint density at radius 1 is 1.47 bits per heavy atom. The minimum atomic E-state index is -0.371. The normalized spacial score (nSPS) is 24.9. The fourth-order valence-electron chi connectivity index (χ4n) is 2.14. The first kappa shape index (κ1) is 14.4. The van der Waals surface area contributed by atoms with Crippen LogP contribution in [0.5, 0.6) is 0 Å². The van der Waals surface area contributed by atoms with Gasteiger partial charge >= 0.3 is 0 Å². The molecule has 1 heterocycles. The lowest BCUT2D eigenvalue weighted by atomic mass is 9.90. The van der Waals surface area contributed by atoms with E-state index < -0.39 is 0 Å². The van der Waals surface area contributed by atoms with Gasteiger partial charge in [0.1, 0.15) is 0 Å². The lowest BCUT2D eigenvalue weighted by molar-refractivity contribution is -0.130. The van der Waals surface area contributed by atoms with E-state index in [1.165, 1.54) is 6.42 Å². The first-order valence-corrected chi connectivity index (χ1v) is 6.27. The van der Waals surface area contributed by atoms with Crippen LogP contribution in [-0.2, 0) is 14.3 Å². The molecule has 1 rings (SSSR count). The molecule has 5 nitrogen and oxygen atoms in total. The highest BCUT2D eigenvalue weighted by Crippen LogP contribution is 2.19. The van der Waals surface area contributed by atoms with E-state index in [1.807, 2.05) is 0 Å². The Bertz CT molecular complexity index is 232. The van der Waals surface area contributed by atoms with Gasteiger partial charge in [0, 0.05) is 14.2 Å². The van der Waals surface area contributed by atoms with E-state index in [0.29, 0.717) is 12.5 Å². The van der Waals surface area contributed by atoms with E-state index in [2.05, 4.69) is 17.6 Å². The zero-order valence-corrected chi connectivity index (χ0v) is 11.0. The third-order valence-electron chi connectivity index (χ3n) is 3.37. The topological polar surface area (TPSA) is 59.6 Å². The predicted molar refractivity (Wildman–Crippen MR) is 65.6 cm³/mol. The van der Waals surface area contributed by atoms with E-state index in [9.17, 15) is 4.79 Å². The van der Waals surface area contributed by atoms with Crippen molar-refractivity contribution in [2.24, 2.45) is 5.92 Å². The molecule has 17 heavy (non-hydrogen) atoms. The average molecular weight is 244 g/mol. The van der Waals surface area contributed by atoms with Gasteiger partial charge in [-0.15, -0.1) is 0 Å². The van der Waals surface area contributed by atoms with Gasteiger partial charge in [0.05, 0.1) is 12.6 Å². The van der Waals surface area contributed by atoms with E-state index >= 15 is 0 Å². The highest BCUT2D eigenvalue weighted by Gasteiger charge is 2.25. The smallest absolute Gasteiger partial charge is 0.237 e. The molecule has 1 fully saturated rings. The minimum Gasteiger partial charge on any atom is -0.354 e. The molecule has 1 amide bonds. The van der Waals surface area contributed by atoms with Gasteiger partial charge in [0.2, 0.25) is 5.91 Å². The fourth-order valence-corrected chi connectivity index (χ4v) is 2.14. The summed E-state index contributed by atoms with van der Waals surface area (Å²) in [6.07, 6.45) is 2.86. The van der Waals surface area contributed by atoms with E-state index in [-0.39, 0.29) is 18.2 Å². The molecule has 2 N–H and O–H groups in total. The van der Waals surface area contributed by atoms with Crippen LogP contribution in [0.25, 0.3) is 0 Å². The lowest BCUT2D eigenvalue weighted by Gasteiger charge is -2.29. The molecule has 0 bridgehead atoms. The number of methoxy groups -OCH3 is 2. The van der Waals surface area contributed by atoms with Crippen molar-refractivity contribution < 1.29 is 14.3 Å². The summed E-state index contributed by atoms with van der Waals surface area (Å²) in [4.78, 5) is 11.9. The second kappa shape index (κ2) is 7.63. The maximum atomic E-state index is 11.9. The van der Waals surface area contributed by atoms with Crippen LogP contribution >= 0.6 is 0 Å². The van der Waals surface area contributed by atoms with Crippen LogP contribution in [0, 0.1) is 5.92 Å². The zero-order valence-electron chi connectivity index (χ0n) is 11.0. The number of hydrogen-bond acceptors (Lipinski definition) is 4. The molecule has 0 radical (unpaired) electrons. The van der Waals surface area contributed by atoms with Gasteiger partial charge in [-0.3, -0.25) is 4.79 Å². The molecule has 0 aromatic heterocycles. The number of nitrogens with one attached hydrogen (secondary N) is 2. The Kier molecular flexibility index (Phi) is 6.47. The average Bonchev–Trinajstić information content (AvgIpc) is 2.39. The number of ether oxygens (including phenoxy) is 2. The highest BCUT2D eigenvalue weighted by atomic mass is 16.7. The summed E-state index contributed by atoms with van der Waals surface area (Å²) < 4.78 is 10.0. The van der Waals surface area contributed by atoms with Gasteiger partial charge in [-0.2, -0.15) is 0 Å². The summed E-state index contributed by atoms with van der Waals surface area (Å²) >= 11 is 0. The van der Waals surface area contributed by atoms with Crippen molar-refractivity contribution in [1.29, 1.82) is 0 Å². The molecule has 100 valence electrons. The summed E-state index contributed by atoms with van der Waals surface area (Å²) in [5, 5.41) is 6.10. The van der Waals surface area contributed by atoms with Crippen molar-refractivity contribution >= 4 is 5.91 Å².